The van der Waals surface area contributed by atoms with Crippen LogP contribution in [0.4, 0.5) is 5.82 Å². The molecule has 4 heteroatoms. The molecule has 1 aliphatic carbocycles. The topological polar surface area (TPSA) is 37.8 Å². The van der Waals surface area contributed by atoms with Crippen LogP contribution in [0.3, 0.4) is 0 Å². The van der Waals surface area contributed by atoms with Crippen molar-refractivity contribution in [1.29, 1.82) is 0 Å². The molecule has 1 N–H and O–H groups in total. The fraction of sp³-hybridized carbons (Fsp3) is 0.444. The van der Waals surface area contributed by atoms with Gasteiger partial charge < -0.3 is 5.32 Å². The van der Waals surface area contributed by atoms with E-state index in [2.05, 4.69) is 15.3 Å². The van der Waals surface area contributed by atoms with Crippen molar-refractivity contribution in [2.45, 2.75) is 25.8 Å². The Morgan fingerprint density at radius 3 is 3.00 bits per heavy atom. The number of nitrogens with one attached hydrogen (secondary N) is 1. The third kappa shape index (κ3) is 2.01. The molecule has 3 nitrogen and oxygen atoms in total. The van der Waals surface area contributed by atoms with Crippen LogP contribution in [0.15, 0.2) is 6.20 Å². The minimum absolute atomic E-state index is 0.600. The molecule has 0 spiro atoms. The molecule has 0 aromatic carbocycles. The number of hydrogen-bond donors (Lipinski definition) is 1. The molecule has 1 saturated carbocycles. The van der Waals surface area contributed by atoms with Crippen LogP contribution < -0.4 is 5.32 Å². The van der Waals surface area contributed by atoms with Crippen molar-refractivity contribution in [1.82, 2.24) is 9.97 Å². The summed E-state index contributed by atoms with van der Waals surface area (Å²) in [5.41, 5.74) is 0.910. The lowest BCUT2D eigenvalue weighted by Gasteiger charge is -2.06. The summed E-state index contributed by atoms with van der Waals surface area (Å²) in [6.45, 7) is 1.88. The number of thiocarbonyl (C=S) groups is 1. The second-order valence-corrected chi connectivity index (χ2v) is 3.49. The van der Waals surface area contributed by atoms with Crippen molar-refractivity contribution in [2.24, 2.45) is 0 Å². The van der Waals surface area contributed by atoms with Gasteiger partial charge in [-0.1, -0.05) is 12.2 Å². The molecule has 1 heterocycles. The molecule has 0 unspecified atom stereocenters. The van der Waals surface area contributed by atoms with Gasteiger partial charge in [-0.3, -0.25) is 0 Å². The van der Waals surface area contributed by atoms with Crippen molar-refractivity contribution in [2.75, 3.05) is 5.32 Å². The molecule has 1 aliphatic rings. The quantitative estimate of drug-likeness (QED) is 0.742. The first-order valence-electron chi connectivity index (χ1n) is 4.35. The zero-order valence-electron chi connectivity index (χ0n) is 7.45. The molecule has 1 fully saturated rings. The Balaban J connectivity index is 2.27. The van der Waals surface area contributed by atoms with E-state index in [9.17, 15) is 0 Å². The molecule has 0 aliphatic heterocycles. The summed E-state index contributed by atoms with van der Waals surface area (Å²) in [6.07, 6.45) is 4.24. The van der Waals surface area contributed by atoms with Gasteiger partial charge in [0.1, 0.15) is 11.6 Å². The Morgan fingerprint density at radius 1 is 1.62 bits per heavy atom. The molecular formula is C9H11N3S. The normalized spacial score (nSPS) is 15.5. The summed E-state index contributed by atoms with van der Waals surface area (Å²) in [5, 5.41) is 4.94. The fourth-order valence-corrected chi connectivity index (χ4v) is 1.27. The zero-order valence-corrected chi connectivity index (χ0v) is 8.27. The number of aryl methyl sites for hydroxylation is 1. The van der Waals surface area contributed by atoms with Crippen LogP contribution >= 0.6 is 12.2 Å². The van der Waals surface area contributed by atoms with Gasteiger partial charge in [0.05, 0.1) is 0 Å². The van der Waals surface area contributed by atoms with Gasteiger partial charge in [0.15, 0.2) is 0 Å². The van der Waals surface area contributed by atoms with Gasteiger partial charge in [0, 0.05) is 23.2 Å². The molecule has 1 aromatic rings. The summed E-state index contributed by atoms with van der Waals surface area (Å²) < 4.78 is 0. The van der Waals surface area contributed by atoms with E-state index in [0.717, 1.165) is 17.2 Å². The minimum atomic E-state index is 0.600. The highest BCUT2D eigenvalue weighted by Crippen LogP contribution is 2.24. The summed E-state index contributed by atoms with van der Waals surface area (Å²) in [4.78, 5) is 8.39. The predicted molar refractivity (Wildman–Crippen MR) is 56.2 cm³/mol. The number of rotatable bonds is 3. The predicted octanol–water partition coefficient (Wildman–Crippen LogP) is 1.71. The van der Waals surface area contributed by atoms with E-state index in [1.165, 1.54) is 12.8 Å². The number of hydrogen-bond acceptors (Lipinski definition) is 4. The summed E-state index contributed by atoms with van der Waals surface area (Å²) in [6, 6.07) is 0.600. The van der Waals surface area contributed by atoms with Gasteiger partial charge in [-0.25, -0.2) is 9.97 Å². The van der Waals surface area contributed by atoms with E-state index in [1.807, 2.05) is 6.92 Å². The van der Waals surface area contributed by atoms with Crippen LogP contribution in [0.5, 0.6) is 0 Å². The number of nitrogens with zero attached hydrogens (tertiary/aromatic N) is 2. The van der Waals surface area contributed by atoms with Crippen molar-refractivity contribution in [3.63, 3.8) is 0 Å². The van der Waals surface area contributed by atoms with Crippen molar-refractivity contribution < 1.29 is 0 Å². The first-order chi connectivity index (χ1) is 6.29. The van der Waals surface area contributed by atoms with Gasteiger partial charge in [0.25, 0.3) is 0 Å². The number of aromatic nitrogens is 2. The third-order valence-electron chi connectivity index (χ3n) is 1.98. The molecule has 0 radical (unpaired) electrons. The second-order valence-electron chi connectivity index (χ2n) is 3.26. The lowest BCUT2D eigenvalue weighted by atomic mass is 10.3. The first kappa shape index (κ1) is 8.56. The molecule has 13 heavy (non-hydrogen) atoms. The molecule has 0 atom stereocenters. The van der Waals surface area contributed by atoms with Crippen LogP contribution in [0, 0.1) is 6.92 Å². The van der Waals surface area contributed by atoms with Crippen molar-refractivity contribution >= 4 is 23.4 Å². The van der Waals surface area contributed by atoms with Crippen LogP contribution in [0.25, 0.3) is 0 Å². The Kier molecular flexibility index (Phi) is 2.22. The maximum absolute atomic E-state index is 4.88. The summed E-state index contributed by atoms with van der Waals surface area (Å²) >= 11 is 4.88. The zero-order chi connectivity index (χ0) is 9.26. The average Bonchev–Trinajstić information content (AvgIpc) is 2.89. The fourth-order valence-electron chi connectivity index (χ4n) is 1.10. The summed E-state index contributed by atoms with van der Waals surface area (Å²) in [5.74, 6) is 1.66. The minimum Gasteiger partial charge on any atom is -0.367 e. The second kappa shape index (κ2) is 3.38. The van der Waals surface area contributed by atoms with Gasteiger partial charge in [-0.15, -0.1) is 0 Å². The molecular weight excluding hydrogens is 182 g/mol. The molecule has 1 aromatic heterocycles. The van der Waals surface area contributed by atoms with E-state index in [4.69, 9.17) is 12.2 Å². The molecule has 0 amide bonds. The maximum Gasteiger partial charge on any atom is 0.138 e. The van der Waals surface area contributed by atoms with Crippen LogP contribution in [-0.2, 0) is 0 Å². The van der Waals surface area contributed by atoms with E-state index >= 15 is 0 Å². The van der Waals surface area contributed by atoms with Gasteiger partial charge >= 0.3 is 0 Å². The van der Waals surface area contributed by atoms with E-state index < -0.39 is 0 Å². The lowest BCUT2D eigenvalue weighted by molar-refractivity contribution is 1.02. The first-order valence-corrected chi connectivity index (χ1v) is 4.82. The molecule has 0 bridgehead atoms. The Morgan fingerprint density at radius 2 is 2.38 bits per heavy atom. The number of anilines is 1. The highest BCUT2D eigenvalue weighted by atomic mass is 32.1. The van der Waals surface area contributed by atoms with Crippen molar-refractivity contribution in [3.8, 4) is 0 Å². The van der Waals surface area contributed by atoms with Gasteiger partial charge in [0.2, 0.25) is 0 Å². The van der Waals surface area contributed by atoms with Crippen molar-refractivity contribution in [3.05, 3.63) is 17.6 Å². The molecule has 68 valence electrons. The SMILES string of the molecule is Cc1ncc(C=S)c(NC2CC2)n1. The monoisotopic (exact) mass is 193 g/mol. The highest BCUT2D eigenvalue weighted by molar-refractivity contribution is 7.79. The standard InChI is InChI=1S/C9H11N3S/c1-6-10-4-7(5-13)9(11-6)12-8-2-3-8/h4-5,8H,2-3H2,1H3,(H,10,11,12). The largest absolute Gasteiger partial charge is 0.367 e. The smallest absolute Gasteiger partial charge is 0.138 e. The highest BCUT2D eigenvalue weighted by Gasteiger charge is 2.22. The summed E-state index contributed by atoms with van der Waals surface area (Å²) in [7, 11) is 0. The van der Waals surface area contributed by atoms with Gasteiger partial charge in [-0.2, -0.15) is 0 Å². The Bertz CT molecular complexity index is 334. The van der Waals surface area contributed by atoms with Crippen LogP contribution in [0.1, 0.15) is 24.2 Å². The van der Waals surface area contributed by atoms with Crippen LogP contribution in [-0.4, -0.2) is 21.4 Å². The third-order valence-corrected chi connectivity index (χ3v) is 2.24. The Hall–Kier alpha value is -1.03. The lowest BCUT2D eigenvalue weighted by Crippen LogP contribution is -2.07. The molecule has 0 saturated heterocycles. The maximum atomic E-state index is 4.88. The van der Waals surface area contributed by atoms with Gasteiger partial charge in [-0.05, 0) is 19.8 Å². The van der Waals surface area contributed by atoms with E-state index in [-0.39, 0.29) is 0 Å². The Labute approximate surface area is 82.6 Å². The average molecular weight is 193 g/mol. The molecule has 2 rings (SSSR count). The van der Waals surface area contributed by atoms with E-state index in [1.54, 1.807) is 11.6 Å². The van der Waals surface area contributed by atoms with Crippen LogP contribution in [0.2, 0.25) is 0 Å². The van der Waals surface area contributed by atoms with E-state index in [0.29, 0.717) is 6.04 Å².